The first-order valence-corrected chi connectivity index (χ1v) is 5.74. The quantitative estimate of drug-likeness (QED) is 0.875. The molecule has 17 heavy (non-hydrogen) atoms. The number of hydrogen-bond acceptors (Lipinski definition) is 3. The molecular weight excluding hydrogens is 279 g/mol. The molecule has 96 valence electrons. The zero-order chi connectivity index (χ0) is 13.1. The summed E-state index contributed by atoms with van der Waals surface area (Å²) in [5.41, 5.74) is 0. The standard InChI is InChI=1S/C9H9ClF3NO2S/c10-7-2-1-5(17-7)3-14-4-6(8(15)16)9(11,12)13/h1-2,6,14H,3-4H2,(H,15,16). The molecular formula is C9H9ClF3NO2S. The first-order chi connectivity index (χ1) is 7.80. The van der Waals surface area contributed by atoms with Crippen molar-refractivity contribution in [2.75, 3.05) is 6.54 Å². The third-order valence-corrected chi connectivity index (χ3v) is 3.20. The first kappa shape index (κ1) is 14.3. The Kier molecular flexibility index (Phi) is 4.79. The van der Waals surface area contributed by atoms with E-state index in [2.05, 4.69) is 5.32 Å². The van der Waals surface area contributed by atoms with Crippen molar-refractivity contribution in [2.24, 2.45) is 5.92 Å². The minimum Gasteiger partial charge on any atom is -0.481 e. The highest BCUT2D eigenvalue weighted by atomic mass is 35.5. The number of halogens is 4. The molecule has 8 heteroatoms. The van der Waals surface area contributed by atoms with E-state index in [9.17, 15) is 18.0 Å². The smallest absolute Gasteiger partial charge is 0.403 e. The number of hydrogen-bond donors (Lipinski definition) is 2. The number of carbonyl (C=O) groups is 1. The van der Waals surface area contributed by atoms with Crippen LogP contribution in [0.5, 0.6) is 0 Å². The van der Waals surface area contributed by atoms with Gasteiger partial charge in [0.15, 0.2) is 5.92 Å². The van der Waals surface area contributed by atoms with Gasteiger partial charge in [0.25, 0.3) is 0 Å². The largest absolute Gasteiger partial charge is 0.481 e. The second-order valence-electron chi connectivity index (χ2n) is 3.27. The lowest BCUT2D eigenvalue weighted by Gasteiger charge is -2.16. The van der Waals surface area contributed by atoms with Gasteiger partial charge in [-0.05, 0) is 12.1 Å². The lowest BCUT2D eigenvalue weighted by atomic mass is 10.1. The molecule has 1 heterocycles. The fraction of sp³-hybridized carbons (Fsp3) is 0.444. The van der Waals surface area contributed by atoms with Gasteiger partial charge in [-0.2, -0.15) is 13.2 Å². The minimum absolute atomic E-state index is 0.164. The second kappa shape index (κ2) is 5.70. The predicted molar refractivity (Wildman–Crippen MR) is 58.2 cm³/mol. The van der Waals surface area contributed by atoms with Crippen LogP contribution in [0.2, 0.25) is 4.34 Å². The Morgan fingerprint density at radius 3 is 2.59 bits per heavy atom. The monoisotopic (exact) mass is 287 g/mol. The Bertz CT molecular complexity index is 394. The number of alkyl halides is 3. The van der Waals surface area contributed by atoms with E-state index in [1.165, 1.54) is 11.3 Å². The van der Waals surface area contributed by atoms with Crippen LogP contribution in [0, 0.1) is 5.92 Å². The highest BCUT2D eigenvalue weighted by Gasteiger charge is 2.44. The zero-order valence-corrected chi connectivity index (χ0v) is 9.99. The summed E-state index contributed by atoms with van der Waals surface area (Å²) in [7, 11) is 0. The summed E-state index contributed by atoms with van der Waals surface area (Å²) >= 11 is 6.87. The Balaban J connectivity index is 2.46. The van der Waals surface area contributed by atoms with Crippen molar-refractivity contribution >= 4 is 28.9 Å². The molecule has 1 aromatic heterocycles. The summed E-state index contributed by atoms with van der Waals surface area (Å²) in [6.07, 6.45) is -4.74. The van der Waals surface area contributed by atoms with Gasteiger partial charge < -0.3 is 10.4 Å². The van der Waals surface area contributed by atoms with Crippen LogP contribution in [0.25, 0.3) is 0 Å². The molecule has 0 aliphatic carbocycles. The summed E-state index contributed by atoms with van der Waals surface area (Å²) < 4.78 is 37.3. The van der Waals surface area contributed by atoms with E-state index in [4.69, 9.17) is 16.7 Å². The van der Waals surface area contributed by atoms with Gasteiger partial charge in [-0.25, -0.2) is 0 Å². The molecule has 3 nitrogen and oxygen atoms in total. The van der Waals surface area contributed by atoms with E-state index in [1.54, 1.807) is 12.1 Å². The van der Waals surface area contributed by atoms with Crippen LogP contribution in [0.3, 0.4) is 0 Å². The molecule has 2 N–H and O–H groups in total. The van der Waals surface area contributed by atoms with E-state index in [1.807, 2.05) is 0 Å². The molecule has 1 unspecified atom stereocenters. The molecule has 1 atom stereocenters. The molecule has 0 fully saturated rings. The molecule has 0 saturated heterocycles. The van der Waals surface area contributed by atoms with Crippen LogP contribution in [0.4, 0.5) is 13.2 Å². The normalized spacial score (nSPS) is 13.6. The summed E-state index contributed by atoms with van der Waals surface area (Å²) in [6, 6.07) is 3.30. The van der Waals surface area contributed by atoms with Crippen molar-refractivity contribution in [3.63, 3.8) is 0 Å². The molecule has 0 aliphatic rings. The van der Waals surface area contributed by atoms with Crippen molar-refractivity contribution in [1.82, 2.24) is 5.32 Å². The maximum atomic E-state index is 12.3. The van der Waals surface area contributed by atoms with Gasteiger partial charge >= 0.3 is 12.1 Å². The van der Waals surface area contributed by atoms with Gasteiger partial charge in [0.2, 0.25) is 0 Å². The van der Waals surface area contributed by atoms with Gasteiger partial charge in [0.05, 0.1) is 4.34 Å². The van der Waals surface area contributed by atoms with E-state index >= 15 is 0 Å². The topological polar surface area (TPSA) is 49.3 Å². The number of nitrogens with one attached hydrogen (secondary N) is 1. The van der Waals surface area contributed by atoms with Crippen LogP contribution in [-0.2, 0) is 11.3 Å². The van der Waals surface area contributed by atoms with Crippen molar-refractivity contribution in [1.29, 1.82) is 0 Å². The number of carboxylic acid groups (broad SMARTS) is 1. The Morgan fingerprint density at radius 2 is 2.18 bits per heavy atom. The molecule has 1 aromatic rings. The molecule has 0 spiro atoms. The van der Waals surface area contributed by atoms with E-state index in [-0.39, 0.29) is 6.54 Å². The Hall–Kier alpha value is -0.790. The van der Waals surface area contributed by atoms with Gasteiger partial charge in [0, 0.05) is 18.0 Å². The fourth-order valence-electron chi connectivity index (χ4n) is 1.13. The Morgan fingerprint density at radius 1 is 1.53 bits per heavy atom. The third-order valence-electron chi connectivity index (χ3n) is 1.97. The summed E-state index contributed by atoms with van der Waals surface area (Å²) in [6.45, 7) is -0.494. The number of aliphatic carboxylic acids is 1. The summed E-state index contributed by atoms with van der Waals surface area (Å²) in [5, 5.41) is 10.9. The van der Waals surface area contributed by atoms with Crippen molar-refractivity contribution in [3.8, 4) is 0 Å². The molecule has 0 aromatic carbocycles. The first-order valence-electron chi connectivity index (χ1n) is 4.55. The maximum absolute atomic E-state index is 12.3. The average Bonchev–Trinajstić information content (AvgIpc) is 2.56. The van der Waals surface area contributed by atoms with Crippen LogP contribution in [0.15, 0.2) is 12.1 Å². The van der Waals surface area contributed by atoms with Crippen LogP contribution in [0.1, 0.15) is 4.88 Å². The molecule has 1 rings (SSSR count). The van der Waals surface area contributed by atoms with E-state index < -0.39 is 24.6 Å². The molecule has 0 aliphatic heterocycles. The third kappa shape index (κ3) is 4.53. The molecule has 0 bridgehead atoms. The predicted octanol–water partition coefficient (Wildman–Crippen LogP) is 2.75. The SMILES string of the molecule is O=C(O)C(CNCc1ccc(Cl)s1)C(F)(F)F. The number of rotatable bonds is 5. The highest BCUT2D eigenvalue weighted by Crippen LogP contribution is 2.26. The Labute approximate surface area is 104 Å². The molecule has 0 saturated carbocycles. The van der Waals surface area contributed by atoms with Crippen LogP contribution >= 0.6 is 22.9 Å². The van der Waals surface area contributed by atoms with Crippen LogP contribution < -0.4 is 5.32 Å². The summed E-state index contributed by atoms with van der Waals surface area (Å²) in [5.74, 6) is -4.27. The number of thiophene rings is 1. The van der Waals surface area contributed by atoms with Crippen LogP contribution in [-0.4, -0.2) is 23.8 Å². The van der Waals surface area contributed by atoms with E-state index in [0.717, 1.165) is 4.88 Å². The lowest BCUT2D eigenvalue weighted by Crippen LogP contribution is -2.38. The fourth-order valence-corrected chi connectivity index (χ4v) is 2.19. The highest BCUT2D eigenvalue weighted by molar-refractivity contribution is 7.16. The van der Waals surface area contributed by atoms with Gasteiger partial charge in [-0.3, -0.25) is 4.79 Å². The van der Waals surface area contributed by atoms with Crippen molar-refractivity contribution < 1.29 is 23.1 Å². The minimum atomic E-state index is -4.74. The maximum Gasteiger partial charge on any atom is 0.403 e. The van der Waals surface area contributed by atoms with Gasteiger partial charge in [-0.1, -0.05) is 11.6 Å². The van der Waals surface area contributed by atoms with Gasteiger partial charge in [-0.15, -0.1) is 11.3 Å². The molecule has 0 radical (unpaired) electrons. The number of carboxylic acids is 1. The van der Waals surface area contributed by atoms with Crippen molar-refractivity contribution in [2.45, 2.75) is 12.7 Å². The van der Waals surface area contributed by atoms with Crippen molar-refractivity contribution in [3.05, 3.63) is 21.3 Å². The average molecular weight is 288 g/mol. The summed E-state index contributed by atoms with van der Waals surface area (Å²) in [4.78, 5) is 11.2. The zero-order valence-electron chi connectivity index (χ0n) is 8.42. The second-order valence-corrected chi connectivity index (χ2v) is 5.07. The molecule has 0 amide bonds. The van der Waals surface area contributed by atoms with E-state index in [0.29, 0.717) is 4.34 Å². The lowest BCUT2D eigenvalue weighted by molar-refractivity contribution is -0.192. The van der Waals surface area contributed by atoms with Gasteiger partial charge in [0.1, 0.15) is 0 Å².